The standard InChI is InChI=1S/C12H9BrN4/c13-8-1-3-9(4-2-8)17-12-7-15-6-10(12)11(5-14)16-17/h1-4,15H,6-7H2. The summed E-state index contributed by atoms with van der Waals surface area (Å²) in [4.78, 5) is 0. The highest BCUT2D eigenvalue weighted by molar-refractivity contribution is 9.10. The van der Waals surface area contributed by atoms with Crippen LogP contribution in [0.4, 0.5) is 0 Å². The van der Waals surface area contributed by atoms with Crippen LogP contribution in [0.25, 0.3) is 5.69 Å². The van der Waals surface area contributed by atoms with Crippen molar-refractivity contribution in [3.8, 4) is 11.8 Å². The lowest BCUT2D eigenvalue weighted by Crippen LogP contribution is -2.08. The van der Waals surface area contributed by atoms with E-state index in [1.165, 1.54) is 0 Å². The molecule has 0 unspecified atom stereocenters. The predicted molar refractivity (Wildman–Crippen MR) is 66.5 cm³/mol. The molecule has 1 N–H and O–H groups in total. The second-order valence-corrected chi connectivity index (χ2v) is 4.79. The quantitative estimate of drug-likeness (QED) is 0.874. The third-order valence-electron chi connectivity index (χ3n) is 2.86. The number of nitrogens with zero attached hydrogens (tertiary/aromatic N) is 3. The summed E-state index contributed by atoms with van der Waals surface area (Å²) < 4.78 is 2.88. The van der Waals surface area contributed by atoms with E-state index in [4.69, 9.17) is 5.26 Å². The van der Waals surface area contributed by atoms with Gasteiger partial charge in [-0.1, -0.05) is 15.9 Å². The number of hydrogen-bond donors (Lipinski definition) is 1. The molecule has 1 aromatic carbocycles. The van der Waals surface area contributed by atoms with Gasteiger partial charge in [0.05, 0.1) is 11.4 Å². The molecule has 4 nitrogen and oxygen atoms in total. The third-order valence-corrected chi connectivity index (χ3v) is 3.39. The molecule has 1 aliphatic rings. The lowest BCUT2D eigenvalue weighted by atomic mass is 10.2. The molecule has 0 saturated heterocycles. The van der Waals surface area contributed by atoms with E-state index in [1.54, 1.807) is 0 Å². The van der Waals surface area contributed by atoms with E-state index in [0.717, 1.165) is 34.5 Å². The summed E-state index contributed by atoms with van der Waals surface area (Å²) in [5.41, 5.74) is 3.61. The van der Waals surface area contributed by atoms with Gasteiger partial charge in [0, 0.05) is 23.1 Å². The number of halogens is 1. The molecule has 0 aliphatic carbocycles. The maximum Gasteiger partial charge on any atom is 0.167 e. The van der Waals surface area contributed by atoms with E-state index < -0.39 is 0 Å². The zero-order valence-electron chi connectivity index (χ0n) is 8.94. The number of benzene rings is 1. The Morgan fingerprint density at radius 3 is 2.76 bits per heavy atom. The summed E-state index contributed by atoms with van der Waals surface area (Å²) in [7, 11) is 0. The van der Waals surface area contributed by atoms with E-state index in [1.807, 2.05) is 28.9 Å². The molecule has 0 bridgehead atoms. The van der Waals surface area contributed by atoms with Crippen LogP contribution in [0, 0.1) is 11.3 Å². The van der Waals surface area contributed by atoms with Crippen molar-refractivity contribution in [2.75, 3.05) is 0 Å². The fraction of sp³-hybridized carbons (Fsp3) is 0.167. The predicted octanol–water partition coefficient (Wildman–Crippen LogP) is 2.11. The zero-order valence-corrected chi connectivity index (χ0v) is 10.5. The smallest absolute Gasteiger partial charge is 0.167 e. The first-order valence-electron chi connectivity index (χ1n) is 5.27. The first-order chi connectivity index (χ1) is 8.29. The Bertz CT molecular complexity index is 607. The summed E-state index contributed by atoms with van der Waals surface area (Å²) >= 11 is 3.40. The van der Waals surface area contributed by atoms with Crippen LogP contribution in [-0.2, 0) is 13.1 Å². The molecule has 84 valence electrons. The van der Waals surface area contributed by atoms with E-state index in [9.17, 15) is 0 Å². The summed E-state index contributed by atoms with van der Waals surface area (Å²) in [6.07, 6.45) is 0. The molecule has 2 aromatic rings. The normalized spacial score (nSPS) is 13.4. The SMILES string of the molecule is N#Cc1nn(-c2ccc(Br)cc2)c2c1CNC2. The van der Waals surface area contributed by atoms with Gasteiger partial charge in [-0.2, -0.15) is 10.4 Å². The van der Waals surface area contributed by atoms with Gasteiger partial charge in [-0.15, -0.1) is 0 Å². The minimum Gasteiger partial charge on any atom is -0.307 e. The minimum absolute atomic E-state index is 0.521. The highest BCUT2D eigenvalue weighted by atomic mass is 79.9. The molecule has 0 atom stereocenters. The van der Waals surface area contributed by atoms with E-state index in [-0.39, 0.29) is 0 Å². The van der Waals surface area contributed by atoms with Crippen molar-refractivity contribution < 1.29 is 0 Å². The fourth-order valence-electron chi connectivity index (χ4n) is 2.04. The molecule has 1 aliphatic heterocycles. The minimum atomic E-state index is 0.521. The average molecular weight is 289 g/mol. The highest BCUT2D eigenvalue weighted by Crippen LogP contribution is 2.23. The maximum absolute atomic E-state index is 9.05. The van der Waals surface area contributed by atoms with Crippen molar-refractivity contribution in [3.05, 3.63) is 45.7 Å². The Kier molecular flexibility index (Phi) is 2.46. The monoisotopic (exact) mass is 288 g/mol. The second-order valence-electron chi connectivity index (χ2n) is 3.88. The van der Waals surface area contributed by atoms with E-state index in [2.05, 4.69) is 32.4 Å². The van der Waals surface area contributed by atoms with Crippen molar-refractivity contribution >= 4 is 15.9 Å². The van der Waals surface area contributed by atoms with Crippen LogP contribution < -0.4 is 5.32 Å². The van der Waals surface area contributed by atoms with Crippen LogP contribution in [0.1, 0.15) is 17.0 Å². The zero-order chi connectivity index (χ0) is 11.8. The van der Waals surface area contributed by atoms with Crippen LogP contribution >= 0.6 is 15.9 Å². The first kappa shape index (κ1) is 10.5. The maximum atomic E-state index is 9.05. The number of hydrogen-bond acceptors (Lipinski definition) is 3. The Morgan fingerprint density at radius 2 is 2.06 bits per heavy atom. The second kappa shape index (κ2) is 3.99. The molecular weight excluding hydrogens is 280 g/mol. The number of aromatic nitrogens is 2. The summed E-state index contributed by atoms with van der Waals surface area (Å²) in [5, 5.41) is 16.6. The Morgan fingerprint density at radius 1 is 1.29 bits per heavy atom. The summed E-state index contributed by atoms with van der Waals surface area (Å²) in [5.74, 6) is 0. The van der Waals surface area contributed by atoms with Crippen LogP contribution in [0.3, 0.4) is 0 Å². The van der Waals surface area contributed by atoms with Gasteiger partial charge >= 0.3 is 0 Å². The molecule has 0 saturated carbocycles. The van der Waals surface area contributed by atoms with Crippen molar-refractivity contribution in [2.24, 2.45) is 0 Å². The van der Waals surface area contributed by atoms with Crippen LogP contribution in [-0.4, -0.2) is 9.78 Å². The van der Waals surface area contributed by atoms with E-state index in [0.29, 0.717) is 5.69 Å². The number of nitrogens with one attached hydrogen (secondary N) is 1. The highest BCUT2D eigenvalue weighted by Gasteiger charge is 2.22. The van der Waals surface area contributed by atoms with E-state index >= 15 is 0 Å². The van der Waals surface area contributed by atoms with Gasteiger partial charge in [-0.05, 0) is 24.3 Å². The molecule has 3 rings (SSSR count). The summed E-state index contributed by atoms with van der Waals surface area (Å²) in [6.45, 7) is 1.49. The lowest BCUT2D eigenvalue weighted by Gasteiger charge is -2.04. The van der Waals surface area contributed by atoms with Gasteiger partial charge in [0.25, 0.3) is 0 Å². The topological polar surface area (TPSA) is 53.6 Å². The summed E-state index contributed by atoms with van der Waals surface area (Å²) in [6, 6.07) is 10.1. The molecule has 2 heterocycles. The lowest BCUT2D eigenvalue weighted by molar-refractivity contribution is 0.708. The molecule has 5 heteroatoms. The molecule has 0 radical (unpaired) electrons. The molecular formula is C12H9BrN4. The number of fused-ring (bicyclic) bond motifs is 1. The molecule has 0 fully saturated rings. The van der Waals surface area contributed by atoms with Crippen molar-refractivity contribution in [3.63, 3.8) is 0 Å². The molecule has 1 aromatic heterocycles. The van der Waals surface area contributed by atoms with Gasteiger partial charge in [0.2, 0.25) is 0 Å². The van der Waals surface area contributed by atoms with Crippen molar-refractivity contribution in [1.29, 1.82) is 5.26 Å². The van der Waals surface area contributed by atoms with Gasteiger partial charge in [-0.25, -0.2) is 4.68 Å². The molecule has 0 spiro atoms. The fourth-order valence-corrected chi connectivity index (χ4v) is 2.31. The average Bonchev–Trinajstić information content (AvgIpc) is 2.91. The van der Waals surface area contributed by atoms with Crippen LogP contribution in [0.5, 0.6) is 0 Å². The number of rotatable bonds is 1. The third kappa shape index (κ3) is 1.66. The Balaban J connectivity index is 2.16. The molecule has 0 amide bonds. The van der Waals surface area contributed by atoms with Gasteiger partial charge in [0.1, 0.15) is 6.07 Å². The molecule has 17 heavy (non-hydrogen) atoms. The first-order valence-corrected chi connectivity index (χ1v) is 6.06. The van der Waals surface area contributed by atoms with Gasteiger partial charge in [0.15, 0.2) is 5.69 Å². The van der Waals surface area contributed by atoms with Crippen LogP contribution in [0.2, 0.25) is 0 Å². The number of nitriles is 1. The van der Waals surface area contributed by atoms with Gasteiger partial charge in [-0.3, -0.25) is 0 Å². The van der Waals surface area contributed by atoms with Crippen molar-refractivity contribution in [1.82, 2.24) is 15.1 Å². The largest absolute Gasteiger partial charge is 0.307 e. The van der Waals surface area contributed by atoms with Gasteiger partial charge < -0.3 is 5.32 Å². The Hall–Kier alpha value is -1.64. The van der Waals surface area contributed by atoms with Crippen molar-refractivity contribution in [2.45, 2.75) is 13.1 Å². The Labute approximate surface area is 107 Å². The van der Waals surface area contributed by atoms with Crippen LogP contribution in [0.15, 0.2) is 28.7 Å².